The first kappa shape index (κ1) is 14.0. The van der Waals surface area contributed by atoms with Crippen LogP contribution in [-0.2, 0) is 5.41 Å². The second-order valence-electron chi connectivity index (χ2n) is 5.82. The highest BCUT2D eigenvalue weighted by Gasteiger charge is 2.23. The Labute approximate surface area is 105 Å². The van der Waals surface area contributed by atoms with Crippen molar-refractivity contribution >= 4 is 0 Å². The molecule has 17 heavy (non-hydrogen) atoms. The number of benzene rings is 1. The number of ether oxygens (including phenoxy) is 1. The first-order valence-corrected chi connectivity index (χ1v) is 6.20. The molecule has 1 aromatic rings. The van der Waals surface area contributed by atoms with E-state index in [1.165, 1.54) is 16.7 Å². The molecule has 96 valence electrons. The molecule has 0 fully saturated rings. The molecule has 0 aliphatic rings. The quantitative estimate of drug-likeness (QED) is 0.872. The van der Waals surface area contributed by atoms with Gasteiger partial charge >= 0.3 is 0 Å². The lowest BCUT2D eigenvalue weighted by Crippen LogP contribution is -2.17. The van der Waals surface area contributed by atoms with E-state index in [4.69, 9.17) is 10.5 Å². The van der Waals surface area contributed by atoms with E-state index in [1.807, 2.05) is 0 Å². The lowest BCUT2D eigenvalue weighted by Gasteiger charge is -2.26. The number of rotatable bonds is 3. The third-order valence-corrected chi connectivity index (χ3v) is 3.16. The fourth-order valence-corrected chi connectivity index (χ4v) is 2.08. The number of hydrogen-bond acceptors (Lipinski definition) is 2. The fourth-order valence-electron chi connectivity index (χ4n) is 2.08. The van der Waals surface area contributed by atoms with Gasteiger partial charge in [-0.1, -0.05) is 45.4 Å². The molecule has 0 spiro atoms. The van der Waals surface area contributed by atoms with Crippen LogP contribution >= 0.6 is 0 Å². The van der Waals surface area contributed by atoms with Crippen molar-refractivity contribution < 1.29 is 4.74 Å². The van der Waals surface area contributed by atoms with Crippen LogP contribution in [0.1, 0.15) is 50.3 Å². The van der Waals surface area contributed by atoms with Crippen LogP contribution in [0.3, 0.4) is 0 Å². The minimum atomic E-state index is 0.0838. The van der Waals surface area contributed by atoms with E-state index in [0.29, 0.717) is 12.5 Å². The Morgan fingerprint density at radius 3 is 2.29 bits per heavy atom. The van der Waals surface area contributed by atoms with Crippen LogP contribution in [0.4, 0.5) is 0 Å². The van der Waals surface area contributed by atoms with Gasteiger partial charge in [-0.2, -0.15) is 0 Å². The molecule has 0 saturated carbocycles. The Bertz CT molecular complexity index is 391. The highest BCUT2D eigenvalue weighted by Crippen LogP contribution is 2.38. The topological polar surface area (TPSA) is 35.2 Å². The van der Waals surface area contributed by atoms with Crippen molar-refractivity contribution in [2.45, 2.75) is 46.0 Å². The second-order valence-corrected chi connectivity index (χ2v) is 5.82. The summed E-state index contributed by atoms with van der Waals surface area (Å²) < 4.78 is 5.63. The zero-order valence-corrected chi connectivity index (χ0v) is 11.9. The monoisotopic (exact) mass is 235 g/mol. The molecule has 2 nitrogen and oxygen atoms in total. The summed E-state index contributed by atoms with van der Waals surface area (Å²) in [6.45, 7) is 11.5. The smallest absolute Gasteiger partial charge is 0.126 e. The molecule has 0 radical (unpaired) electrons. The lowest BCUT2D eigenvalue weighted by molar-refractivity contribution is 0.389. The van der Waals surface area contributed by atoms with E-state index in [9.17, 15) is 0 Å². The molecule has 2 N–H and O–H groups in total. The Hall–Kier alpha value is -1.02. The van der Waals surface area contributed by atoms with Gasteiger partial charge in [0.25, 0.3) is 0 Å². The highest BCUT2D eigenvalue weighted by molar-refractivity contribution is 5.49. The molecular formula is C15H25NO. The van der Waals surface area contributed by atoms with Gasteiger partial charge in [-0.05, 0) is 30.4 Å². The number of methoxy groups -OCH3 is 1. The zero-order chi connectivity index (χ0) is 13.2. The van der Waals surface area contributed by atoms with Crippen molar-refractivity contribution in [3.63, 3.8) is 0 Å². The first-order chi connectivity index (χ1) is 7.81. The molecule has 0 heterocycles. The number of aryl methyl sites for hydroxylation is 1. The zero-order valence-electron chi connectivity index (χ0n) is 11.9. The van der Waals surface area contributed by atoms with E-state index in [1.54, 1.807) is 7.11 Å². The highest BCUT2D eigenvalue weighted by atomic mass is 16.5. The van der Waals surface area contributed by atoms with Gasteiger partial charge in [0, 0.05) is 5.56 Å². The normalized spacial score (nSPS) is 13.6. The summed E-state index contributed by atoms with van der Waals surface area (Å²) in [7, 11) is 1.74. The summed E-state index contributed by atoms with van der Waals surface area (Å²) in [5, 5.41) is 0. The SMILES string of the molecule is COc1c(C(C)CN)cc(C)cc1C(C)(C)C. The Kier molecular flexibility index (Phi) is 4.21. The standard InChI is InChI=1S/C15H25NO/c1-10-7-12(11(2)9-16)14(17-6)13(8-10)15(3,4)5/h7-8,11H,9,16H2,1-6H3. The molecule has 0 amide bonds. The molecule has 1 atom stereocenters. The third kappa shape index (κ3) is 3.01. The van der Waals surface area contributed by atoms with E-state index in [0.717, 1.165) is 5.75 Å². The Morgan fingerprint density at radius 1 is 1.29 bits per heavy atom. The first-order valence-electron chi connectivity index (χ1n) is 6.20. The predicted octanol–water partition coefficient (Wildman–Crippen LogP) is 3.36. The average molecular weight is 235 g/mol. The summed E-state index contributed by atoms with van der Waals surface area (Å²) in [6, 6.07) is 4.40. The van der Waals surface area contributed by atoms with Crippen molar-refractivity contribution in [3.8, 4) is 5.75 Å². The van der Waals surface area contributed by atoms with Gasteiger partial charge in [0.2, 0.25) is 0 Å². The molecule has 1 rings (SSSR count). The van der Waals surface area contributed by atoms with Gasteiger partial charge in [-0.15, -0.1) is 0 Å². The summed E-state index contributed by atoms with van der Waals surface area (Å²) in [4.78, 5) is 0. The maximum atomic E-state index is 5.78. The van der Waals surface area contributed by atoms with Crippen LogP contribution in [0.25, 0.3) is 0 Å². The Morgan fingerprint density at radius 2 is 1.88 bits per heavy atom. The van der Waals surface area contributed by atoms with Crippen molar-refractivity contribution in [1.29, 1.82) is 0 Å². The number of hydrogen-bond donors (Lipinski definition) is 1. The van der Waals surface area contributed by atoms with Crippen LogP contribution in [-0.4, -0.2) is 13.7 Å². The molecule has 2 heteroatoms. The van der Waals surface area contributed by atoms with Crippen molar-refractivity contribution in [1.82, 2.24) is 0 Å². The van der Waals surface area contributed by atoms with Crippen LogP contribution in [0.2, 0.25) is 0 Å². The predicted molar refractivity (Wildman–Crippen MR) is 73.9 cm³/mol. The van der Waals surface area contributed by atoms with Gasteiger partial charge in [0.1, 0.15) is 5.75 Å². The molecule has 0 aromatic heterocycles. The van der Waals surface area contributed by atoms with Gasteiger partial charge in [0.15, 0.2) is 0 Å². The van der Waals surface area contributed by atoms with Crippen LogP contribution in [0.15, 0.2) is 12.1 Å². The molecular weight excluding hydrogens is 210 g/mol. The van der Waals surface area contributed by atoms with Crippen molar-refractivity contribution in [3.05, 3.63) is 28.8 Å². The van der Waals surface area contributed by atoms with E-state index < -0.39 is 0 Å². The molecule has 0 bridgehead atoms. The van der Waals surface area contributed by atoms with E-state index in [2.05, 4.69) is 46.8 Å². The average Bonchev–Trinajstić information content (AvgIpc) is 2.25. The van der Waals surface area contributed by atoms with Gasteiger partial charge in [-0.25, -0.2) is 0 Å². The fraction of sp³-hybridized carbons (Fsp3) is 0.600. The molecule has 0 aliphatic carbocycles. The maximum absolute atomic E-state index is 5.78. The van der Waals surface area contributed by atoms with Crippen LogP contribution in [0, 0.1) is 6.92 Å². The summed E-state index contributed by atoms with van der Waals surface area (Å²) >= 11 is 0. The Balaban J connectivity index is 3.46. The second kappa shape index (κ2) is 5.09. The largest absolute Gasteiger partial charge is 0.496 e. The molecule has 0 aliphatic heterocycles. The van der Waals surface area contributed by atoms with Crippen LogP contribution in [0.5, 0.6) is 5.75 Å². The summed E-state index contributed by atoms with van der Waals surface area (Å²) in [5.74, 6) is 1.33. The van der Waals surface area contributed by atoms with E-state index in [-0.39, 0.29) is 5.41 Å². The number of nitrogens with two attached hydrogens (primary N) is 1. The van der Waals surface area contributed by atoms with Crippen molar-refractivity contribution in [2.75, 3.05) is 13.7 Å². The van der Waals surface area contributed by atoms with Crippen molar-refractivity contribution in [2.24, 2.45) is 5.73 Å². The molecule has 0 saturated heterocycles. The molecule has 1 aromatic carbocycles. The molecule has 1 unspecified atom stereocenters. The third-order valence-electron chi connectivity index (χ3n) is 3.16. The van der Waals surface area contributed by atoms with Gasteiger partial charge < -0.3 is 10.5 Å². The summed E-state index contributed by atoms with van der Waals surface area (Å²) in [5.41, 5.74) is 9.62. The van der Waals surface area contributed by atoms with Crippen LogP contribution < -0.4 is 10.5 Å². The van der Waals surface area contributed by atoms with Gasteiger partial charge in [0.05, 0.1) is 7.11 Å². The van der Waals surface area contributed by atoms with E-state index >= 15 is 0 Å². The minimum absolute atomic E-state index is 0.0838. The lowest BCUT2D eigenvalue weighted by atomic mass is 9.82. The summed E-state index contributed by atoms with van der Waals surface area (Å²) in [6.07, 6.45) is 0. The maximum Gasteiger partial charge on any atom is 0.126 e. The minimum Gasteiger partial charge on any atom is -0.496 e. The van der Waals surface area contributed by atoms with Gasteiger partial charge in [-0.3, -0.25) is 0 Å².